The summed E-state index contributed by atoms with van der Waals surface area (Å²) in [4.78, 5) is 3.94. The molecule has 1 heterocycles. The molecule has 0 unspecified atom stereocenters. The quantitative estimate of drug-likeness (QED) is 0.692. The van der Waals surface area contributed by atoms with Crippen molar-refractivity contribution in [2.45, 2.75) is 6.61 Å². The first-order chi connectivity index (χ1) is 9.52. The maximum Gasteiger partial charge on any atom is 0.203 e. The molecule has 0 radical (unpaired) electrons. The van der Waals surface area contributed by atoms with Crippen LogP contribution in [-0.2, 0) is 6.61 Å². The van der Waals surface area contributed by atoms with Crippen molar-refractivity contribution < 1.29 is 22.3 Å². The van der Waals surface area contributed by atoms with Crippen molar-refractivity contribution >= 4 is 5.82 Å². The number of pyridine rings is 1. The summed E-state index contributed by atoms with van der Waals surface area (Å²) in [5.74, 6) is -6.70. The van der Waals surface area contributed by atoms with Gasteiger partial charge in [0.15, 0.2) is 17.4 Å². The highest BCUT2D eigenvalue weighted by atomic mass is 19.2. The highest BCUT2D eigenvalue weighted by Gasteiger charge is 2.20. The number of aromatic nitrogens is 1. The smallest absolute Gasteiger partial charge is 0.203 e. The second-order valence-electron chi connectivity index (χ2n) is 3.89. The van der Waals surface area contributed by atoms with Crippen molar-refractivity contribution in [2.75, 3.05) is 12.4 Å². The number of benzene rings is 1. The van der Waals surface area contributed by atoms with Gasteiger partial charge in [-0.05, 0) is 17.7 Å². The third-order valence-electron chi connectivity index (χ3n) is 2.54. The summed E-state index contributed by atoms with van der Waals surface area (Å²) in [6.07, 6.45) is 1.46. The molecular weight excluding hydrogens is 276 g/mol. The molecular formula is C13H10F4N2O. The SMILES string of the molecule is CNc1cc(COc2c(F)c(F)cc(F)c2F)ccn1. The minimum atomic E-state index is -1.56. The molecule has 0 bridgehead atoms. The van der Waals surface area contributed by atoms with E-state index < -0.39 is 29.0 Å². The molecule has 1 aromatic carbocycles. The molecule has 2 aromatic rings. The minimum Gasteiger partial charge on any atom is -0.483 e. The van der Waals surface area contributed by atoms with E-state index in [0.29, 0.717) is 11.4 Å². The van der Waals surface area contributed by atoms with Crippen LogP contribution in [0.2, 0.25) is 0 Å². The summed E-state index contributed by atoms with van der Waals surface area (Å²) in [6, 6.07) is 3.25. The molecule has 106 valence electrons. The van der Waals surface area contributed by atoms with Crippen LogP contribution in [0.15, 0.2) is 24.4 Å². The molecule has 0 aliphatic heterocycles. The number of anilines is 1. The van der Waals surface area contributed by atoms with Crippen molar-refractivity contribution in [3.05, 3.63) is 53.2 Å². The highest BCUT2D eigenvalue weighted by molar-refractivity contribution is 5.36. The van der Waals surface area contributed by atoms with Gasteiger partial charge in [0, 0.05) is 19.3 Å². The number of halogens is 4. The van der Waals surface area contributed by atoms with Gasteiger partial charge >= 0.3 is 0 Å². The Morgan fingerprint density at radius 1 is 1.10 bits per heavy atom. The van der Waals surface area contributed by atoms with Crippen LogP contribution in [0.5, 0.6) is 5.75 Å². The summed E-state index contributed by atoms with van der Waals surface area (Å²) in [5.41, 5.74) is 0.535. The van der Waals surface area contributed by atoms with Crippen LogP contribution in [0.25, 0.3) is 0 Å². The molecule has 3 nitrogen and oxygen atoms in total. The third kappa shape index (κ3) is 2.81. The van der Waals surface area contributed by atoms with Gasteiger partial charge in [0.2, 0.25) is 11.6 Å². The Morgan fingerprint density at radius 3 is 2.35 bits per heavy atom. The zero-order chi connectivity index (χ0) is 14.7. The van der Waals surface area contributed by atoms with E-state index in [-0.39, 0.29) is 12.7 Å². The first kappa shape index (κ1) is 14.1. The fraction of sp³-hybridized carbons (Fsp3) is 0.154. The van der Waals surface area contributed by atoms with Crippen molar-refractivity contribution in [2.24, 2.45) is 0 Å². The monoisotopic (exact) mass is 286 g/mol. The number of rotatable bonds is 4. The summed E-state index contributed by atoms with van der Waals surface area (Å²) >= 11 is 0. The molecule has 0 aliphatic carbocycles. The summed E-state index contributed by atoms with van der Waals surface area (Å²) in [5, 5.41) is 2.77. The molecule has 0 saturated carbocycles. The first-order valence-electron chi connectivity index (χ1n) is 5.61. The zero-order valence-corrected chi connectivity index (χ0v) is 10.4. The second-order valence-corrected chi connectivity index (χ2v) is 3.89. The Morgan fingerprint density at radius 2 is 1.75 bits per heavy atom. The van der Waals surface area contributed by atoms with Gasteiger partial charge in [0.25, 0.3) is 0 Å². The van der Waals surface area contributed by atoms with Gasteiger partial charge in [-0.3, -0.25) is 0 Å². The van der Waals surface area contributed by atoms with Gasteiger partial charge < -0.3 is 10.1 Å². The van der Waals surface area contributed by atoms with Gasteiger partial charge in [0.05, 0.1) is 0 Å². The Bertz CT molecular complexity index is 608. The fourth-order valence-corrected chi connectivity index (χ4v) is 1.53. The van der Waals surface area contributed by atoms with Crippen molar-refractivity contribution in [1.29, 1.82) is 0 Å². The molecule has 2 rings (SSSR count). The van der Waals surface area contributed by atoms with E-state index in [9.17, 15) is 17.6 Å². The molecule has 0 atom stereocenters. The molecule has 0 fully saturated rings. The average molecular weight is 286 g/mol. The van der Waals surface area contributed by atoms with E-state index in [1.165, 1.54) is 6.20 Å². The molecule has 0 amide bonds. The van der Waals surface area contributed by atoms with Gasteiger partial charge in [-0.1, -0.05) is 0 Å². The molecule has 1 aromatic heterocycles. The van der Waals surface area contributed by atoms with Gasteiger partial charge in [-0.15, -0.1) is 0 Å². The maximum absolute atomic E-state index is 13.4. The van der Waals surface area contributed by atoms with Crippen molar-refractivity contribution in [3.63, 3.8) is 0 Å². The normalized spacial score (nSPS) is 10.4. The first-order valence-corrected chi connectivity index (χ1v) is 5.61. The number of hydrogen-bond acceptors (Lipinski definition) is 3. The lowest BCUT2D eigenvalue weighted by molar-refractivity contribution is 0.261. The Kier molecular flexibility index (Phi) is 4.07. The molecule has 0 spiro atoms. The summed E-state index contributed by atoms with van der Waals surface area (Å²) < 4.78 is 57.5. The fourth-order valence-electron chi connectivity index (χ4n) is 1.53. The molecule has 0 saturated heterocycles. The molecule has 0 aliphatic rings. The predicted octanol–water partition coefficient (Wildman–Crippen LogP) is 3.26. The lowest BCUT2D eigenvalue weighted by Crippen LogP contribution is -2.04. The van der Waals surface area contributed by atoms with Crippen LogP contribution < -0.4 is 10.1 Å². The van der Waals surface area contributed by atoms with Crippen LogP contribution in [0.3, 0.4) is 0 Å². The van der Waals surface area contributed by atoms with Crippen LogP contribution in [0, 0.1) is 23.3 Å². The summed E-state index contributed by atoms with van der Waals surface area (Å²) in [6.45, 7) is -0.256. The lowest BCUT2D eigenvalue weighted by atomic mass is 10.2. The third-order valence-corrected chi connectivity index (χ3v) is 2.54. The van der Waals surface area contributed by atoms with Crippen molar-refractivity contribution in [1.82, 2.24) is 4.98 Å². The van der Waals surface area contributed by atoms with E-state index in [0.717, 1.165) is 0 Å². The van der Waals surface area contributed by atoms with E-state index in [2.05, 4.69) is 10.3 Å². The number of hydrogen-bond donors (Lipinski definition) is 1. The van der Waals surface area contributed by atoms with Crippen LogP contribution >= 0.6 is 0 Å². The van der Waals surface area contributed by atoms with E-state index >= 15 is 0 Å². The lowest BCUT2D eigenvalue weighted by Gasteiger charge is -2.10. The van der Waals surface area contributed by atoms with E-state index in [1.807, 2.05) is 0 Å². The largest absolute Gasteiger partial charge is 0.483 e. The molecule has 20 heavy (non-hydrogen) atoms. The second kappa shape index (κ2) is 5.77. The average Bonchev–Trinajstić information content (AvgIpc) is 2.45. The zero-order valence-electron chi connectivity index (χ0n) is 10.4. The van der Waals surface area contributed by atoms with Crippen LogP contribution in [0.4, 0.5) is 23.4 Å². The van der Waals surface area contributed by atoms with Gasteiger partial charge in [0.1, 0.15) is 12.4 Å². The van der Waals surface area contributed by atoms with Crippen LogP contribution in [-0.4, -0.2) is 12.0 Å². The Hall–Kier alpha value is -2.31. The van der Waals surface area contributed by atoms with E-state index in [1.54, 1.807) is 19.2 Å². The topological polar surface area (TPSA) is 34.1 Å². The van der Waals surface area contributed by atoms with Gasteiger partial charge in [-0.2, -0.15) is 8.78 Å². The minimum absolute atomic E-state index is 0.128. The maximum atomic E-state index is 13.4. The predicted molar refractivity (Wildman–Crippen MR) is 64.4 cm³/mol. The standard InChI is InChI=1S/C13H10F4N2O/c1-18-10-4-7(2-3-19-10)6-20-13-11(16)8(14)5-9(15)12(13)17/h2-5H,6H2,1H3,(H,18,19). The van der Waals surface area contributed by atoms with Crippen molar-refractivity contribution in [3.8, 4) is 5.75 Å². The van der Waals surface area contributed by atoms with E-state index in [4.69, 9.17) is 4.74 Å². The summed E-state index contributed by atoms with van der Waals surface area (Å²) in [7, 11) is 1.65. The molecule has 1 N–H and O–H groups in total. The number of nitrogens with zero attached hydrogens (tertiary/aromatic N) is 1. The number of ether oxygens (including phenoxy) is 1. The molecule has 7 heteroatoms. The van der Waals surface area contributed by atoms with Gasteiger partial charge in [-0.25, -0.2) is 13.8 Å². The Labute approximate surface area is 112 Å². The number of nitrogens with one attached hydrogen (secondary N) is 1. The highest BCUT2D eigenvalue weighted by Crippen LogP contribution is 2.27. The Balaban J connectivity index is 2.22. The van der Waals surface area contributed by atoms with Crippen LogP contribution in [0.1, 0.15) is 5.56 Å².